The van der Waals surface area contributed by atoms with E-state index in [0.29, 0.717) is 0 Å². The van der Waals surface area contributed by atoms with Crippen molar-refractivity contribution in [1.29, 1.82) is 0 Å². The molecule has 2 rings (SSSR count). The van der Waals surface area contributed by atoms with Gasteiger partial charge in [0.2, 0.25) is 0 Å². The van der Waals surface area contributed by atoms with Crippen LogP contribution in [0.4, 0.5) is 8.78 Å². The van der Waals surface area contributed by atoms with E-state index in [0.717, 1.165) is 12.1 Å². The summed E-state index contributed by atoms with van der Waals surface area (Å²) >= 11 is 0. The molecule has 0 amide bonds. The van der Waals surface area contributed by atoms with Crippen molar-refractivity contribution in [3.8, 4) is 0 Å². The molecule has 1 heterocycles. The summed E-state index contributed by atoms with van der Waals surface area (Å²) in [6, 6.07) is 2.29. The molecule has 0 unspecified atom stereocenters. The van der Waals surface area contributed by atoms with Crippen LogP contribution in [0, 0.1) is 18.6 Å². The van der Waals surface area contributed by atoms with Crippen LogP contribution in [0.25, 0.3) is 0 Å². The number of hydrogen-bond acceptors (Lipinski definition) is 2. The third kappa shape index (κ3) is 2.06. The van der Waals surface area contributed by atoms with Gasteiger partial charge in [0, 0.05) is 5.46 Å². The van der Waals surface area contributed by atoms with Gasteiger partial charge in [-0.1, -0.05) is 0 Å². The van der Waals surface area contributed by atoms with Crippen molar-refractivity contribution in [1.82, 2.24) is 0 Å². The molecule has 0 aromatic heterocycles. The molecule has 0 saturated carbocycles. The molecule has 0 spiro atoms. The van der Waals surface area contributed by atoms with Crippen molar-refractivity contribution in [3.05, 3.63) is 29.3 Å². The van der Waals surface area contributed by atoms with Gasteiger partial charge in [0.05, 0.1) is 11.2 Å². The van der Waals surface area contributed by atoms with Crippen LogP contribution >= 0.6 is 0 Å². The van der Waals surface area contributed by atoms with Crippen LogP contribution in [0.3, 0.4) is 0 Å². The van der Waals surface area contributed by atoms with Crippen LogP contribution in [0.5, 0.6) is 0 Å². The van der Waals surface area contributed by atoms with E-state index in [1.165, 1.54) is 6.92 Å². The number of rotatable bonds is 1. The van der Waals surface area contributed by atoms with Crippen LogP contribution in [-0.4, -0.2) is 18.3 Å². The maximum Gasteiger partial charge on any atom is 0.497 e. The average Bonchev–Trinajstić information content (AvgIpc) is 2.42. The van der Waals surface area contributed by atoms with Gasteiger partial charge in [-0.15, -0.1) is 0 Å². The van der Waals surface area contributed by atoms with Gasteiger partial charge in [-0.2, -0.15) is 0 Å². The highest BCUT2D eigenvalue weighted by molar-refractivity contribution is 6.62. The lowest BCUT2D eigenvalue weighted by Crippen LogP contribution is -2.41. The Morgan fingerprint density at radius 1 is 1.00 bits per heavy atom. The largest absolute Gasteiger partial charge is 0.497 e. The Morgan fingerprint density at radius 3 is 2.00 bits per heavy atom. The van der Waals surface area contributed by atoms with E-state index in [1.807, 2.05) is 27.7 Å². The minimum atomic E-state index is -0.871. The molecule has 0 bridgehead atoms. The first-order valence-electron chi connectivity index (χ1n) is 5.95. The molecule has 0 N–H and O–H groups in total. The number of hydrogen-bond donors (Lipinski definition) is 0. The fourth-order valence-electron chi connectivity index (χ4n) is 1.89. The zero-order chi connectivity index (χ0) is 13.7. The quantitative estimate of drug-likeness (QED) is 0.717. The topological polar surface area (TPSA) is 18.5 Å². The highest BCUT2D eigenvalue weighted by Gasteiger charge is 2.52. The lowest BCUT2D eigenvalue weighted by Gasteiger charge is -2.32. The summed E-state index contributed by atoms with van der Waals surface area (Å²) in [6.45, 7) is 9.01. The van der Waals surface area contributed by atoms with Crippen LogP contribution in [0.15, 0.2) is 12.1 Å². The van der Waals surface area contributed by atoms with Gasteiger partial charge in [-0.05, 0) is 52.3 Å². The van der Waals surface area contributed by atoms with E-state index in [-0.39, 0.29) is 11.0 Å². The second-order valence-electron chi connectivity index (χ2n) is 5.71. The van der Waals surface area contributed by atoms with Crippen molar-refractivity contribution in [2.45, 2.75) is 45.8 Å². The van der Waals surface area contributed by atoms with Gasteiger partial charge in [0.25, 0.3) is 0 Å². The number of halogens is 2. The average molecular weight is 254 g/mol. The van der Waals surface area contributed by atoms with Crippen LogP contribution in [0.2, 0.25) is 0 Å². The molecule has 0 atom stereocenters. The van der Waals surface area contributed by atoms with Crippen LogP contribution in [-0.2, 0) is 9.31 Å². The first kappa shape index (κ1) is 13.5. The van der Waals surface area contributed by atoms with Gasteiger partial charge in [-0.25, -0.2) is 8.78 Å². The van der Waals surface area contributed by atoms with Crippen molar-refractivity contribution >= 4 is 12.6 Å². The first-order chi connectivity index (χ1) is 8.14. The lowest BCUT2D eigenvalue weighted by atomic mass is 9.78. The Morgan fingerprint density at radius 2 is 1.50 bits per heavy atom. The Balaban J connectivity index is 2.41. The minimum Gasteiger partial charge on any atom is -0.399 e. The Kier molecular flexibility index (Phi) is 3.02. The Bertz CT molecular complexity index is 470. The minimum absolute atomic E-state index is 0.117. The second-order valence-corrected chi connectivity index (χ2v) is 5.71. The third-order valence-corrected chi connectivity index (χ3v) is 3.75. The van der Waals surface area contributed by atoms with Crippen LogP contribution < -0.4 is 5.46 Å². The normalized spacial score (nSPS) is 21.4. The van der Waals surface area contributed by atoms with E-state index in [2.05, 4.69) is 0 Å². The highest BCUT2D eigenvalue weighted by atomic mass is 19.1. The SMILES string of the molecule is Cc1cc(F)cc(B2OC(C)(C)C(C)(C)O2)c1F. The van der Waals surface area contributed by atoms with E-state index in [1.54, 1.807) is 0 Å². The molecule has 98 valence electrons. The van der Waals surface area contributed by atoms with Crippen molar-refractivity contribution < 1.29 is 18.1 Å². The summed E-state index contributed by atoms with van der Waals surface area (Å²) in [5.74, 6) is -0.964. The molecular weight excluding hydrogens is 237 g/mol. The van der Waals surface area contributed by atoms with E-state index in [9.17, 15) is 8.78 Å². The third-order valence-electron chi connectivity index (χ3n) is 3.75. The molecule has 0 aliphatic carbocycles. The fraction of sp³-hybridized carbons (Fsp3) is 0.538. The molecular formula is C13H17BF2O2. The summed E-state index contributed by atoms with van der Waals surface area (Å²) in [4.78, 5) is 0. The summed E-state index contributed by atoms with van der Waals surface area (Å²) in [5, 5.41) is 0. The highest BCUT2D eigenvalue weighted by Crippen LogP contribution is 2.36. The smallest absolute Gasteiger partial charge is 0.399 e. The van der Waals surface area contributed by atoms with Gasteiger partial charge in [-0.3, -0.25) is 0 Å². The maximum atomic E-state index is 14.0. The van der Waals surface area contributed by atoms with Crippen molar-refractivity contribution in [2.24, 2.45) is 0 Å². The van der Waals surface area contributed by atoms with Gasteiger partial charge >= 0.3 is 7.12 Å². The van der Waals surface area contributed by atoms with Crippen molar-refractivity contribution in [2.75, 3.05) is 0 Å². The summed E-state index contributed by atoms with van der Waals surface area (Å²) in [7, 11) is -0.871. The molecule has 1 aromatic rings. The van der Waals surface area contributed by atoms with Gasteiger partial charge in [0.1, 0.15) is 11.6 Å². The maximum absolute atomic E-state index is 14.0. The summed E-state index contributed by atoms with van der Waals surface area (Å²) in [6.07, 6.45) is 0. The molecule has 5 heteroatoms. The number of benzene rings is 1. The van der Waals surface area contributed by atoms with Gasteiger partial charge in [0.15, 0.2) is 0 Å². The standard InChI is InChI=1S/C13H17BF2O2/c1-8-6-9(15)7-10(11(8)16)14-17-12(2,3)13(4,5)18-14/h6-7H,1-5H3. The zero-order valence-electron chi connectivity index (χ0n) is 11.3. The zero-order valence-corrected chi connectivity index (χ0v) is 11.3. The number of aryl methyl sites for hydroxylation is 1. The molecule has 1 saturated heterocycles. The molecule has 18 heavy (non-hydrogen) atoms. The van der Waals surface area contributed by atoms with Gasteiger partial charge < -0.3 is 9.31 Å². The lowest BCUT2D eigenvalue weighted by molar-refractivity contribution is 0.00578. The Hall–Kier alpha value is -0.935. The van der Waals surface area contributed by atoms with E-state index >= 15 is 0 Å². The van der Waals surface area contributed by atoms with Crippen molar-refractivity contribution in [3.63, 3.8) is 0 Å². The summed E-state index contributed by atoms with van der Waals surface area (Å²) < 4.78 is 38.8. The first-order valence-corrected chi connectivity index (χ1v) is 5.95. The molecule has 1 aliphatic heterocycles. The molecule has 1 aliphatic rings. The predicted octanol–water partition coefficient (Wildman–Crippen LogP) is 2.57. The monoisotopic (exact) mass is 254 g/mol. The van der Waals surface area contributed by atoms with E-state index < -0.39 is 30.0 Å². The molecule has 0 radical (unpaired) electrons. The summed E-state index contributed by atoms with van der Waals surface area (Å²) in [5.41, 5.74) is -0.764. The van der Waals surface area contributed by atoms with Crippen LogP contribution in [0.1, 0.15) is 33.3 Å². The Labute approximate surface area is 106 Å². The molecule has 2 nitrogen and oxygen atoms in total. The second kappa shape index (κ2) is 4.03. The van der Waals surface area contributed by atoms with E-state index in [4.69, 9.17) is 9.31 Å². The molecule has 1 fully saturated rings. The molecule has 1 aromatic carbocycles. The predicted molar refractivity (Wildman–Crippen MR) is 66.8 cm³/mol. The fourth-order valence-corrected chi connectivity index (χ4v) is 1.89.